The summed E-state index contributed by atoms with van der Waals surface area (Å²) >= 11 is 0. The molecule has 0 saturated heterocycles. The molecule has 1 aliphatic rings. The van der Waals surface area contributed by atoms with E-state index in [1.807, 2.05) is 6.07 Å². The van der Waals surface area contributed by atoms with Gasteiger partial charge >= 0.3 is 0 Å². The normalized spacial score (nSPS) is 15.8. The molecule has 1 aliphatic carbocycles. The average molecular weight is 332 g/mol. The number of unbranched alkanes of at least 4 members (excludes halogenated alkanes) is 2. The van der Waals surface area contributed by atoms with E-state index in [4.69, 9.17) is 9.47 Å². The Labute approximate surface area is 146 Å². The molecule has 24 heavy (non-hydrogen) atoms. The number of aromatic nitrogens is 2. The molecule has 2 rings (SSSR count). The van der Waals surface area contributed by atoms with Gasteiger partial charge in [-0.1, -0.05) is 52.0 Å². The molecule has 1 heterocycles. The highest BCUT2D eigenvalue weighted by atomic mass is 16.5. The predicted octanol–water partition coefficient (Wildman–Crippen LogP) is 5.43. The highest BCUT2D eigenvalue weighted by molar-refractivity contribution is 5.49. The van der Waals surface area contributed by atoms with E-state index in [0.29, 0.717) is 25.0 Å². The van der Waals surface area contributed by atoms with Gasteiger partial charge in [-0.3, -0.25) is 0 Å². The first kappa shape index (κ1) is 18.8. The maximum Gasteiger partial charge on any atom is 0.276 e. The fourth-order valence-corrected chi connectivity index (χ4v) is 2.86. The van der Waals surface area contributed by atoms with Gasteiger partial charge in [0.25, 0.3) is 5.88 Å². The summed E-state index contributed by atoms with van der Waals surface area (Å²) in [6, 6.07) is 1.96. The Morgan fingerprint density at radius 2 is 1.71 bits per heavy atom. The number of hydrogen-bond acceptors (Lipinski definition) is 4. The van der Waals surface area contributed by atoms with E-state index in [0.717, 1.165) is 37.1 Å². The molecular formula is C20H32N2O2. The zero-order valence-electron chi connectivity index (χ0n) is 15.3. The van der Waals surface area contributed by atoms with E-state index in [-0.39, 0.29) is 0 Å². The highest BCUT2D eigenvalue weighted by Gasteiger charge is 2.12. The molecule has 1 saturated carbocycles. The van der Waals surface area contributed by atoms with Crippen LogP contribution in [0.4, 0.5) is 0 Å². The minimum atomic E-state index is 0.523. The maximum absolute atomic E-state index is 5.88. The van der Waals surface area contributed by atoms with Crippen molar-refractivity contribution in [3.05, 3.63) is 17.8 Å². The molecule has 0 N–H and O–H groups in total. The molecule has 0 aliphatic heterocycles. The minimum absolute atomic E-state index is 0.523. The van der Waals surface area contributed by atoms with Crippen molar-refractivity contribution in [1.29, 1.82) is 0 Å². The molecule has 1 aromatic heterocycles. The average Bonchev–Trinajstić information content (AvgIpc) is 2.62. The van der Waals surface area contributed by atoms with Crippen molar-refractivity contribution >= 4 is 6.08 Å². The Morgan fingerprint density at radius 1 is 1.00 bits per heavy atom. The van der Waals surface area contributed by atoms with Crippen LogP contribution in [0.25, 0.3) is 6.08 Å². The van der Waals surface area contributed by atoms with E-state index in [1.165, 1.54) is 32.1 Å². The smallest absolute Gasteiger partial charge is 0.276 e. The van der Waals surface area contributed by atoms with E-state index in [2.05, 4.69) is 36.2 Å². The zero-order valence-corrected chi connectivity index (χ0v) is 15.3. The summed E-state index contributed by atoms with van der Waals surface area (Å²) < 4.78 is 11.6. The van der Waals surface area contributed by atoms with Crippen molar-refractivity contribution in [1.82, 2.24) is 10.2 Å². The second-order valence-electron chi connectivity index (χ2n) is 6.60. The first-order valence-corrected chi connectivity index (χ1v) is 9.65. The van der Waals surface area contributed by atoms with Crippen LogP contribution in [0.5, 0.6) is 11.6 Å². The predicted molar refractivity (Wildman–Crippen MR) is 98.4 cm³/mol. The third-order valence-electron chi connectivity index (χ3n) is 4.43. The molecule has 0 aromatic carbocycles. The molecule has 0 unspecified atom stereocenters. The molecule has 1 fully saturated rings. The second kappa shape index (κ2) is 11.1. The van der Waals surface area contributed by atoms with Crippen molar-refractivity contribution in [2.24, 2.45) is 5.92 Å². The lowest BCUT2D eigenvalue weighted by atomic mass is 9.89. The van der Waals surface area contributed by atoms with Gasteiger partial charge in [0.15, 0.2) is 5.75 Å². The molecule has 0 radical (unpaired) electrons. The summed E-state index contributed by atoms with van der Waals surface area (Å²) in [5.74, 6) is 1.93. The standard InChI is InChI=1S/C20H32N2O2/c1-3-5-14-23-19-16-18(13-12-17-10-8-7-9-11-17)21-22-20(19)24-15-6-4-2/h12-13,16-17H,3-11,14-15H2,1-2H3/b13-12+. The van der Waals surface area contributed by atoms with Crippen molar-refractivity contribution in [3.8, 4) is 11.6 Å². The van der Waals surface area contributed by atoms with Gasteiger partial charge in [0.1, 0.15) is 0 Å². The number of hydrogen-bond donors (Lipinski definition) is 0. The van der Waals surface area contributed by atoms with Gasteiger partial charge in [0.2, 0.25) is 0 Å². The summed E-state index contributed by atoms with van der Waals surface area (Å²) in [7, 11) is 0. The zero-order chi connectivity index (χ0) is 17.0. The van der Waals surface area contributed by atoms with Crippen LogP contribution in [0.2, 0.25) is 0 Å². The van der Waals surface area contributed by atoms with E-state index >= 15 is 0 Å². The van der Waals surface area contributed by atoms with Gasteiger partial charge in [-0.25, -0.2) is 0 Å². The summed E-state index contributed by atoms with van der Waals surface area (Å²) in [6.07, 6.45) is 15.3. The number of nitrogens with zero attached hydrogens (tertiary/aromatic N) is 2. The van der Waals surface area contributed by atoms with Crippen molar-refractivity contribution < 1.29 is 9.47 Å². The monoisotopic (exact) mass is 332 g/mol. The molecule has 0 amide bonds. The van der Waals surface area contributed by atoms with Crippen LogP contribution < -0.4 is 9.47 Å². The molecular weight excluding hydrogens is 300 g/mol. The molecule has 134 valence electrons. The summed E-state index contributed by atoms with van der Waals surface area (Å²) in [5.41, 5.74) is 0.856. The van der Waals surface area contributed by atoms with Crippen LogP contribution in [0, 0.1) is 5.92 Å². The van der Waals surface area contributed by atoms with Gasteiger partial charge in [-0.2, -0.15) is 0 Å². The highest BCUT2D eigenvalue weighted by Crippen LogP contribution is 2.27. The van der Waals surface area contributed by atoms with E-state index < -0.39 is 0 Å². The first-order valence-electron chi connectivity index (χ1n) is 9.65. The summed E-state index contributed by atoms with van der Waals surface area (Å²) in [5, 5.41) is 8.53. The van der Waals surface area contributed by atoms with Crippen LogP contribution in [0.1, 0.15) is 77.3 Å². The third-order valence-corrected chi connectivity index (χ3v) is 4.43. The number of allylic oxidation sites excluding steroid dienone is 1. The Morgan fingerprint density at radius 3 is 2.42 bits per heavy atom. The van der Waals surface area contributed by atoms with Crippen LogP contribution in [0.15, 0.2) is 12.1 Å². The fourth-order valence-electron chi connectivity index (χ4n) is 2.86. The lowest BCUT2D eigenvalue weighted by Crippen LogP contribution is -2.06. The Balaban J connectivity index is 2.02. The summed E-state index contributed by atoms with van der Waals surface area (Å²) in [4.78, 5) is 0. The fraction of sp³-hybridized carbons (Fsp3) is 0.700. The van der Waals surface area contributed by atoms with Crippen molar-refractivity contribution in [3.63, 3.8) is 0 Å². The Bertz CT molecular complexity index is 496. The van der Waals surface area contributed by atoms with Crippen LogP contribution >= 0.6 is 0 Å². The van der Waals surface area contributed by atoms with Gasteiger partial charge in [-0.15, -0.1) is 10.2 Å². The van der Waals surface area contributed by atoms with Crippen LogP contribution in [-0.4, -0.2) is 23.4 Å². The lowest BCUT2D eigenvalue weighted by Gasteiger charge is -2.17. The maximum atomic E-state index is 5.88. The van der Waals surface area contributed by atoms with Gasteiger partial charge in [0, 0.05) is 6.07 Å². The van der Waals surface area contributed by atoms with Crippen LogP contribution in [-0.2, 0) is 0 Å². The van der Waals surface area contributed by atoms with Gasteiger partial charge in [-0.05, 0) is 37.7 Å². The summed E-state index contributed by atoms with van der Waals surface area (Å²) in [6.45, 7) is 5.66. The quantitative estimate of drug-likeness (QED) is 0.536. The van der Waals surface area contributed by atoms with E-state index in [1.54, 1.807) is 0 Å². The topological polar surface area (TPSA) is 44.2 Å². The Hall–Kier alpha value is -1.58. The first-order chi connectivity index (χ1) is 11.8. The van der Waals surface area contributed by atoms with Crippen LogP contribution in [0.3, 0.4) is 0 Å². The molecule has 0 bridgehead atoms. The van der Waals surface area contributed by atoms with E-state index in [9.17, 15) is 0 Å². The molecule has 0 atom stereocenters. The lowest BCUT2D eigenvalue weighted by molar-refractivity contribution is 0.250. The SMILES string of the molecule is CCCCOc1cc(/C=C/C2CCCCC2)nnc1OCCCC. The molecule has 4 nitrogen and oxygen atoms in total. The van der Waals surface area contributed by atoms with Crippen molar-refractivity contribution in [2.45, 2.75) is 71.6 Å². The van der Waals surface area contributed by atoms with Crippen molar-refractivity contribution in [2.75, 3.05) is 13.2 Å². The van der Waals surface area contributed by atoms with Gasteiger partial charge in [0.05, 0.1) is 18.9 Å². The second-order valence-corrected chi connectivity index (χ2v) is 6.60. The Kier molecular flexibility index (Phi) is 8.64. The third kappa shape index (κ3) is 6.50. The molecule has 0 spiro atoms. The van der Waals surface area contributed by atoms with Gasteiger partial charge < -0.3 is 9.47 Å². The number of ether oxygens (including phenoxy) is 2. The molecule has 1 aromatic rings. The number of rotatable bonds is 10. The largest absolute Gasteiger partial charge is 0.488 e. The molecule has 4 heteroatoms. The minimum Gasteiger partial charge on any atom is -0.488 e.